The van der Waals surface area contributed by atoms with Gasteiger partial charge in [-0.1, -0.05) is 35.7 Å². The SMILES string of the molecule is C#CCOc1c(Br)cc(/C=C2/NC(=O)N(Cc3ccc(C)cc3)C2=O)cc1Br. The lowest BCUT2D eigenvalue weighted by molar-refractivity contribution is -0.123. The van der Waals surface area contributed by atoms with Crippen molar-refractivity contribution in [2.45, 2.75) is 13.5 Å². The fourth-order valence-electron chi connectivity index (χ4n) is 2.67. The lowest BCUT2D eigenvalue weighted by Crippen LogP contribution is -2.30. The molecule has 1 saturated heterocycles. The molecule has 0 aromatic heterocycles. The van der Waals surface area contributed by atoms with Crippen molar-refractivity contribution in [3.05, 3.63) is 67.7 Å². The second kappa shape index (κ2) is 8.63. The number of hydrogen-bond acceptors (Lipinski definition) is 3. The van der Waals surface area contributed by atoms with Gasteiger partial charge in [0.2, 0.25) is 0 Å². The molecule has 1 N–H and O–H groups in total. The minimum atomic E-state index is -0.441. The van der Waals surface area contributed by atoms with Gasteiger partial charge in [0.05, 0.1) is 15.5 Å². The molecule has 0 saturated carbocycles. The number of aryl methyl sites for hydroxylation is 1. The average molecular weight is 504 g/mol. The number of amides is 3. The van der Waals surface area contributed by atoms with Crippen molar-refractivity contribution in [3.63, 3.8) is 0 Å². The second-order valence-electron chi connectivity index (χ2n) is 6.17. The van der Waals surface area contributed by atoms with Crippen LogP contribution in [0.25, 0.3) is 6.08 Å². The monoisotopic (exact) mass is 502 g/mol. The first-order valence-corrected chi connectivity index (χ1v) is 9.93. The van der Waals surface area contributed by atoms with Crippen molar-refractivity contribution in [2.24, 2.45) is 0 Å². The Bertz CT molecular complexity index is 984. The highest BCUT2D eigenvalue weighted by Gasteiger charge is 2.33. The van der Waals surface area contributed by atoms with Crippen LogP contribution < -0.4 is 10.1 Å². The van der Waals surface area contributed by atoms with E-state index in [0.29, 0.717) is 20.3 Å². The number of rotatable bonds is 5. The third-order valence-corrected chi connectivity index (χ3v) is 5.23. The lowest BCUT2D eigenvalue weighted by Gasteiger charge is -2.12. The van der Waals surface area contributed by atoms with Gasteiger partial charge in [0.25, 0.3) is 5.91 Å². The summed E-state index contributed by atoms with van der Waals surface area (Å²) < 4.78 is 6.83. The van der Waals surface area contributed by atoms with Crippen LogP contribution in [-0.2, 0) is 11.3 Å². The minimum Gasteiger partial charge on any atom is -0.479 e. The number of urea groups is 1. The summed E-state index contributed by atoms with van der Waals surface area (Å²) in [6.45, 7) is 2.34. The van der Waals surface area contributed by atoms with Gasteiger partial charge in [0.1, 0.15) is 18.1 Å². The number of ether oxygens (including phenoxy) is 1. The molecule has 7 heteroatoms. The molecule has 0 spiro atoms. The largest absolute Gasteiger partial charge is 0.479 e. The van der Waals surface area contributed by atoms with E-state index in [9.17, 15) is 9.59 Å². The summed E-state index contributed by atoms with van der Waals surface area (Å²) in [5, 5.41) is 2.63. The fraction of sp³-hybridized carbons (Fsp3) is 0.143. The molecule has 2 aromatic rings. The Morgan fingerprint density at radius 3 is 2.43 bits per heavy atom. The molecule has 1 heterocycles. The van der Waals surface area contributed by atoms with E-state index >= 15 is 0 Å². The van der Waals surface area contributed by atoms with Gasteiger partial charge in [-0.2, -0.15) is 0 Å². The highest BCUT2D eigenvalue weighted by Crippen LogP contribution is 2.35. The first-order chi connectivity index (χ1) is 13.4. The summed E-state index contributed by atoms with van der Waals surface area (Å²) in [7, 11) is 0. The zero-order valence-electron chi connectivity index (χ0n) is 15.0. The number of carbonyl (C=O) groups excluding carboxylic acids is 2. The number of imide groups is 1. The van der Waals surface area contributed by atoms with Crippen molar-refractivity contribution in [2.75, 3.05) is 6.61 Å². The van der Waals surface area contributed by atoms with Crippen LogP contribution in [0.5, 0.6) is 5.75 Å². The van der Waals surface area contributed by atoms with Crippen LogP contribution >= 0.6 is 31.9 Å². The highest BCUT2D eigenvalue weighted by molar-refractivity contribution is 9.11. The molecule has 28 heavy (non-hydrogen) atoms. The first kappa shape index (κ1) is 20.2. The van der Waals surface area contributed by atoms with E-state index in [-0.39, 0.29) is 24.8 Å². The number of benzene rings is 2. The standard InChI is InChI=1S/C21H16Br2N2O3/c1-3-8-28-19-16(22)9-15(10-17(19)23)11-18-20(26)25(21(27)24-18)12-14-6-4-13(2)5-7-14/h1,4-7,9-11H,8,12H2,2H3,(H,24,27)/b18-11+. The van der Waals surface area contributed by atoms with Crippen molar-refractivity contribution >= 4 is 49.9 Å². The van der Waals surface area contributed by atoms with Crippen LogP contribution in [0, 0.1) is 19.3 Å². The maximum Gasteiger partial charge on any atom is 0.329 e. The lowest BCUT2D eigenvalue weighted by atomic mass is 10.1. The summed E-state index contributed by atoms with van der Waals surface area (Å²) >= 11 is 6.86. The van der Waals surface area contributed by atoms with Crippen molar-refractivity contribution in [1.29, 1.82) is 0 Å². The molecule has 142 valence electrons. The van der Waals surface area contributed by atoms with E-state index in [0.717, 1.165) is 11.1 Å². The van der Waals surface area contributed by atoms with Gasteiger partial charge in [0, 0.05) is 0 Å². The van der Waals surface area contributed by atoms with Gasteiger partial charge in [-0.25, -0.2) is 4.79 Å². The van der Waals surface area contributed by atoms with Crippen LogP contribution in [0.15, 0.2) is 51.0 Å². The molecular formula is C21H16Br2N2O3. The molecule has 0 aliphatic carbocycles. The van der Waals surface area contributed by atoms with Gasteiger partial charge < -0.3 is 10.1 Å². The number of terminal acetylenes is 1. The van der Waals surface area contributed by atoms with Gasteiger partial charge in [0.15, 0.2) is 0 Å². The van der Waals surface area contributed by atoms with Gasteiger partial charge >= 0.3 is 6.03 Å². The third kappa shape index (κ3) is 4.46. The Morgan fingerprint density at radius 2 is 1.82 bits per heavy atom. The molecule has 0 unspecified atom stereocenters. The molecule has 1 aliphatic heterocycles. The Balaban J connectivity index is 1.81. The van der Waals surface area contributed by atoms with Crippen molar-refractivity contribution in [1.82, 2.24) is 10.2 Å². The van der Waals surface area contributed by atoms with Crippen LogP contribution in [-0.4, -0.2) is 23.4 Å². The van der Waals surface area contributed by atoms with E-state index < -0.39 is 6.03 Å². The van der Waals surface area contributed by atoms with E-state index in [1.54, 1.807) is 18.2 Å². The van der Waals surface area contributed by atoms with Crippen LogP contribution in [0.1, 0.15) is 16.7 Å². The van der Waals surface area contributed by atoms with Crippen molar-refractivity contribution < 1.29 is 14.3 Å². The Kier molecular flexibility index (Phi) is 6.22. The molecule has 1 fully saturated rings. The van der Waals surface area contributed by atoms with Gasteiger partial charge in [-0.3, -0.25) is 9.69 Å². The summed E-state index contributed by atoms with van der Waals surface area (Å²) in [5.41, 5.74) is 2.93. The number of halogens is 2. The summed E-state index contributed by atoms with van der Waals surface area (Å²) in [6.07, 6.45) is 6.84. The van der Waals surface area contributed by atoms with Gasteiger partial charge in [-0.05, 0) is 68.1 Å². The molecule has 3 rings (SSSR count). The van der Waals surface area contributed by atoms with Crippen LogP contribution in [0.4, 0.5) is 4.79 Å². The fourth-order valence-corrected chi connectivity index (χ4v) is 4.12. The Morgan fingerprint density at radius 1 is 1.18 bits per heavy atom. The Hall–Kier alpha value is -2.56. The third-order valence-electron chi connectivity index (χ3n) is 4.06. The number of nitrogens with one attached hydrogen (secondary N) is 1. The van der Waals surface area contributed by atoms with Gasteiger partial charge in [-0.15, -0.1) is 6.42 Å². The molecule has 0 radical (unpaired) electrons. The average Bonchev–Trinajstić information content (AvgIpc) is 2.90. The molecule has 2 aromatic carbocycles. The molecular weight excluding hydrogens is 488 g/mol. The van der Waals surface area contributed by atoms with Crippen molar-refractivity contribution in [3.8, 4) is 18.1 Å². The summed E-state index contributed by atoms with van der Waals surface area (Å²) in [6, 6.07) is 10.8. The predicted octanol–water partition coefficient (Wildman–Crippen LogP) is 4.62. The summed E-state index contributed by atoms with van der Waals surface area (Å²) in [4.78, 5) is 26.1. The number of nitrogens with zero attached hydrogens (tertiary/aromatic N) is 1. The van der Waals surface area contributed by atoms with E-state index in [1.807, 2.05) is 31.2 Å². The highest BCUT2D eigenvalue weighted by atomic mass is 79.9. The maximum absolute atomic E-state index is 12.7. The topological polar surface area (TPSA) is 58.6 Å². The maximum atomic E-state index is 12.7. The zero-order chi connectivity index (χ0) is 20.3. The van der Waals surface area contributed by atoms with Crippen LogP contribution in [0.2, 0.25) is 0 Å². The quantitative estimate of drug-likeness (QED) is 0.368. The molecule has 5 nitrogen and oxygen atoms in total. The molecule has 0 bridgehead atoms. The smallest absolute Gasteiger partial charge is 0.329 e. The second-order valence-corrected chi connectivity index (χ2v) is 7.88. The zero-order valence-corrected chi connectivity index (χ0v) is 18.1. The van der Waals surface area contributed by atoms with E-state index in [1.165, 1.54) is 4.90 Å². The molecule has 1 aliphatic rings. The van der Waals surface area contributed by atoms with Crippen LogP contribution in [0.3, 0.4) is 0 Å². The summed E-state index contributed by atoms with van der Waals surface area (Å²) in [5.74, 6) is 2.61. The number of hydrogen-bond donors (Lipinski definition) is 1. The number of carbonyl (C=O) groups is 2. The molecule has 0 atom stereocenters. The minimum absolute atomic E-state index is 0.139. The normalized spacial score (nSPS) is 14.9. The van der Waals surface area contributed by atoms with E-state index in [2.05, 4.69) is 43.1 Å². The van der Waals surface area contributed by atoms with E-state index in [4.69, 9.17) is 11.2 Å². The Labute approximate surface area is 180 Å². The predicted molar refractivity (Wildman–Crippen MR) is 114 cm³/mol. The first-order valence-electron chi connectivity index (χ1n) is 8.34. The molecule has 3 amide bonds.